The van der Waals surface area contributed by atoms with Gasteiger partial charge in [-0.2, -0.15) is 0 Å². The summed E-state index contributed by atoms with van der Waals surface area (Å²) in [6.07, 6.45) is 0. The van der Waals surface area contributed by atoms with Gasteiger partial charge in [0.2, 0.25) is 0 Å². The minimum absolute atomic E-state index is 0.194. The van der Waals surface area contributed by atoms with Gasteiger partial charge in [0, 0.05) is 12.5 Å². The van der Waals surface area contributed by atoms with Crippen LogP contribution in [0.1, 0.15) is 0 Å². The summed E-state index contributed by atoms with van der Waals surface area (Å²) in [6, 6.07) is 5.40. The van der Waals surface area contributed by atoms with Crippen LogP contribution in [-0.4, -0.2) is 25.8 Å². The van der Waals surface area contributed by atoms with Gasteiger partial charge in [-0.25, -0.2) is 4.39 Å². The predicted molar refractivity (Wildman–Crippen MR) is 56.6 cm³/mol. The second-order valence-electron chi connectivity index (χ2n) is 4.09. The maximum absolute atomic E-state index is 13.5. The largest absolute Gasteiger partial charge is 0.381 e. The molecule has 0 spiro atoms. The lowest BCUT2D eigenvalue weighted by molar-refractivity contribution is 0.186. The molecule has 1 fully saturated rings. The molecule has 80 valence electrons. The molecular formula is C11H13FN2O. The Morgan fingerprint density at radius 3 is 3.20 bits per heavy atom. The lowest BCUT2D eigenvalue weighted by Crippen LogP contribution is -2.29. The Bertz CT molecular complexity index is 383. The highest BCUT2D eigenvalue weighted by Crippen LogP contribution is 2.31. The summed E-state index contributed by atoms with van der Waals surface area (Å²) in [5.41, 5.74) is 1.43. The van der Waals surface area contributed by atoms with Crippen molar-refractivity contribution >= 4 is 11.4 Å². The van der Waals surface area contributed by atoms with Crippen LogP contribution >= 0.6 is 0 Å². The molecule has 4 heteroatoms. The van der Waals surface area contributed by atoms with Crippen molar-refractivity contribution in [3.63, 3.8) is 0 Å². The molecule has 1 aromatic rings. The molecule has 0 amide bonds. The summed E-state index contributed by atoms with van der Waals surface area (Å²) in [7, 11) is 0. The number of hydrogen-bond donors (Lipinski definition) is 2. The third-order valence-electron chi connectivity index (χ3n) is 3.09. The van der Waals surface area contributed by atoms with Gasteiger partial charge >= 0.3 is 0 Å². The van der Waals surface area contributed by atoms with Gasteiger partial charge < -0.3 is 15.4 Å². The van der Waals surface area contributed by atoms with Crippen molar-refractivity contribution < 1.29 is 9.13 Å². The van der Waals surface area contributed by atoms with E-state index in [4.69, 9.17) is 4.74 Å². The Kier molecular flexibility index (Phi) is 2.02. The smallest absolute Gasteiger partial charge is 0.148 e. The summed E-state index contributed by atoms with van der Waals surface area (Å²) in [5.74, 6) is 0.234. The van der Waals surface area contributed by atoms with E-state index in [9.17, 15) is 4.39 Å². The van der Waals surface area contributed by atoms with Crippen LogP contribution in [0, 0.1) is 11.7 Å². The third-order valence-corrected chi connectivity index (χ3v) is 3.09. The number of para-hydroxylation sites is 1. The highest BCUT2D eigenvalue weighted by Gasteiger charge is 2.31. The quantitative estimate of drug-likeness (QED) is 0.680. The molecule has 2 aliphatic heterocycles. The van der Waals surface area contributed by atoms with E-state index >= 15 is 0 Å². The normalized spacial score (nSPS) is 28.3. The molecule has 0 aromatic heterocycles. The molecule has 15 heavy (non-hydrogen) atoms. The molecule has 2 aliphatic rings. The number of rotatable bonds is 0. The van der Waals surface area contributed by atoms with Crippen LogP contribution in [0.2, 0.25) is 0 Å². The summed E-state index contributed by atoms with van der Waals surface area (Å²) in [6.45, 7) is 2.23. The summed E-state index contributed by atoms with van der Waals surface area (Å²) in [5, 5.41) is 6.48. The van der Waals surface area contributed by atoms with Crippen LogP contribution in [0.25, 0.3) is 0 Å². The summed E-state index contributed by atoms with van der Waals surface area (Å²) >= 11 is 0. The molecule has 0 saturated carbocycles. The average molecular weight is 208 g/mol. The molecule has 1 aromatic carbocycles. The molecule has 0 aliphatic carbocycles. The van der Waals surface area contributed by atoms with Crippen molar-refractivity contribution in [2.75, 3.05) is 30.4 Å². The number of halogens is 1. The zero-order chi connectivity index (χ0) is 10.3. The van der Waals surface area contributed by atoms with Crippen LogP contribution in [0.4, 0.5) is 15.8 Å². The van der Waals surface area contributed by atoms with Gasteiger partial charge in [-0.1, -0.05) is 6.07 Å². The molecule has 2 heterocycles. The van der Waals surface area contributed by atoms with Crippen molar-refractivity contribution in [2.24, 2.45) is 5.92 Å². The van der Waals surface area contributed by atoms with Crippen LogP contribution in [0.5, 0.6) is 0 Å². The van der Waals surface area contributed by atoms with E-state index in [1.165, 1.54) is 6.07 Å². The third kappa shape index (κ3) is 1.45. The maximum Gasteiger partial charge on any atom is 0.148 e. The molecular weight excluding hydrogens is 195 g/mol. The number of hydrogen-bond acceptors (Lipinski definition) is 3. The van der Waals surface area contributed by atoms with Crippen molar-refractivity contribution in [1.29, 1.82) is 0 Å². The molecule has 1 saturated heterocycles. The monoisotopic (exact) mass is 208 g/mol. The van der Waals surface area contributed by atoms with E-state index in [0.717, 1.165) is 18.8 Å². The second kappa shape index (κ2) is 3.38. The van der Waals surface area contributed by atoms with Gasteiger partial charge in [0.25, 0.3) is 0 Å². The van der Waals surface area contributed by atoms with Crippen LogP contribution < -0.4 is 10.6 Å². The maximum atomic E-state index is 13.5. The minimum atomic E-state index is -0.194. The summed E-state index contributed by atoms with van der Waals surface area (Å²) < 4.78 is 18.9. The van der Waals surface area contributed by atoms with Gasteiger partial charge in [0.15, 0.2) is 0 Å². The molecule has 2 atom stereocenters. The molecule has 2 N–H and O–H groups in total. The first kappa shape index (κ1) is 8.97. The van der Waals surface area contributed by atoms with E-state index in [2.05, 4.69) is 10.6 Å². The van der Waals surface area contributed by atoms with Crippen LogP contribution in [-0.2, 0) is 4.74 Å². The van der Waals surface area contributed by atoms with E-state index in [0.29, 0.717) is 24.3 Å². The van der Waals surface area contributed by atoms with Crippen molar-refractivity contribution in [1.82, 2.24) is 0 Å². The van der Waals surface area contributed by atoms with Gasteiger partial charge in [-0.05, 0) is 12.1 Å². The Hall–Kier alpha value is -1.29. The molecule has 0 radical (unpaired) electrons. The molecule has 0 bridgehead atoms. The van der Waals surface area contributed by atoms with E-state index in [1.807, 2.05) is 6.07 Å². The SMILES string of the molecule is Fc1cccc2c1NCC1COCC1N2. The summed E-state index contributed by atoms with van der Waals surface area (Å²) in [4.78, 5) is 0. The molecule has 3 rings (SSSR count). The van der Waals surface area contributed by atoms with Crippen molar-refractivity contribution in [3.05, 3.63) is 24.0 Å². The van der Waals surface area contributed by atoms with Gasteiger partial charge in [0.05, 0.1) is 30.6 Å². The first-order valence-corrected chi connectivity index (χ1v) is 5.21. The highest BCUT2D eigenvalue weighted by molar-refractivity contribution is 5.70. The van der Waals surface area contributed by atoms with Gasteiger partial charge in [-0.3, -0.25) is 0 Å². The molecule has 2 unspecified atom stereocenters. The molecule has 3 nitrogen and oxygen atoms in total. The van der Waals surface area contributed by atoms with E-state index in [-0.39, 0.29) is 5.82 Å². The van der Waals surface area contributed by atoms with Crippen LogP contribution in [0.3, 0.4) is 0 Å². The van der Waals surface area contributed by atoms with Crippen molar-refractivity contribution in [2.45, 2.75) is 6.04 Å². The Balaban J connectivity index is 1.97. The zero-order valence-corrected chi connectivity index (χ0v) is 8.29. The lowest BCUT2D eigenvalue weighted by Gasteiger charge is -2.15. The standard InChI is InChI=1S/C11H13FN2O/c12-8-2-1-3-9-11(8)13-4-7-5-15-6-10(7)14-9/h1-3,7,10,13-14H,4-6H2. The number of nitrogens with one attached hydrogen (secondary N) is 2. The minimum Gasteiger partial charge on any atom is -0.381 e. The highest BCUT2D eigenvalue weighted by atomic mass is 19.1. The number of anilines is 2. The Labute approximate surface area is 87.6 Å². The average Bonchev–Trinajstić information content (AvgIpc) is 2.58. The van der Waals surface area contributed by atoms with Crippen LogP contribution in [0.15, 0.2) is 18.2 Å². The van der Waals surface area contributed by atoms with E-state index in [1.54, 1.807) is 6.07 Å². The second-order valence-corrected chi connectivity index (χ2v) is 4.09. The fourth-order valence-electron chi connectivity index (χ4n) is 2.22. The zero-order valence-electron chi connectivity index (χ0n) is 8.29. The first-order valence-electron chi connectivity index (χ1n) is 5.21. The van der Waals surface area contributed by atoms with Gasteiger partial charge in [-0.15, -0.1) is 0 Å². The van der Waals surface area contributed by atoms with Gasteiger partial charge in [0.1, 0.15) is 5.82 Å². The fraction of sp³-hybridized carbons (Fsp3) is 0.455. The van der Waals surface area contributed by atoms with E-state index < -0.39 is 0 Å². The number of ether oxygens (including phenoxy) is 1. The Morgan fingerprint density at radius 2 is 2.27 bits per heavy atom. The number of fused-ring (bicyclic) bond motifs is 2. The predicted octanol–water partition coefficient (Wildman–Crippen LogP) is 1.68. The lowest BCUT2D eigenvalue weighted by atomic mass is 10.0. The topological polar surface area (TPSA) is 33.3 Å². The Morgan fingerprint density at radius 1 is 1.33 bits per heavy atom. The van der Waals surface area contributed by atoms with Crippen molar-refractivity contribution in [3.8, 4) is 0 Å². The fourth-order valence-corrected chi connectivity index (χ4v) is 2.22. The first-order chi connectivity index (χ1) is 7.34. The number of benzene rings is 1.